The molecule has 2 aliphatic rings. The first-order valence-corrected chi connectivity index (χ1v) is 11.8. The van der Waals surface area contributed by atoms with E-state index in [1.165, 1.54) is 13.2 Å². The van der Waals surface area contributed by atoms with Crippen LogP contribution in [-0.2, 0) is 14.3 Å². The van der Waals surface area contributed by atoms with Crippen molar-refractivity contribution in [3.63, 3.8) is 0 Å². The molecule has 7 nitrogen and oxygen atoms in total. The normalized spacial score (nSPS) is 20.7. The highest BCUT2D eigenvalue weighted by Crippen LogP contribution is 2.40. The topological polar surface area (TPSA) is 79.3 Å². The van der Waals surface area contributed by atoms with Gasteiger partial charge in [0.25, 0.3) is 11.7 Å². The van der Waals surface area contributed by atoms with E-state index in [0.29, 0.717) is 42.5 Å². The van der Waals surface area contributed by atoms with Crippen LogP contribution in [0.1, 0.15) is 29.2 Å². The Morgan fingerprint density at radius 2 is 1.82 bits per heavy atom. The highest BCUT2D eigenvalue weighted by molar-refractivity contribution is 6.46. The minimum absolute atomic E-state index is 0.0708. The number of methoxy groups -OCH3 is 1. The molecule has 2 aliphatic heterocycles. The molecule has 2 saturated heterocycles. The number of hydrogen-bond donors (Lipinski definition) is 1. The van der Waals surface area contributed by atoms with Gasteiger partial charge in [0.1, 0.15) is 11.5 Å². The predicted octanol–water partition coefficient (Wildman–Crippen LogP) is 3.80. The Hall–Kier alpha value is -2.87. The third-order valence-electron chi connectivity index (χ3n) is 6.34. The molecule has 180 valence electrons. The Bertz CT molecular complexity index is 1090. The van der Waals surface area contributed by atoms with Crippen molar-refractivity contribution in [1.82, 2.24) is 9.80 Å². The number of halogens is 1. The molecule has 1 atom stereocenters. The van der Waals surface area contributed by atoms with Gasteiger partial charge in [0, 0.05) is 31.7 Å². The Kier molecular flexibility index (Phi) is 7.56. The number of nitrogens with zero attached hydrogens (tertiary/aromatic N) is 2. The van der Waals surface area contributed by atoms with Crippen LogP contribution in [0.3, 0.4) is 0 Å². The summed E-state index contributed by atoms with van der Waals surface area (Å²) in [6, 6.07) is 11.8. The quantitative estimate of drug-likeness (QED) is 0.366. The summed E-state index contributed by atoms with van der Waals surface area (Å²) in [6.45, 7) is 6.32. The molecule has 0 spiro atoms. The van der Waals surface area contributed by atoms with Crippen LogP contribution in [0.15, 0.2) is 48.0 Å². The number of hydrogen-bond acceptors (Lipinski definition) is 6. The molecule has 1 N–H and O–H groups in total. The molecular formula is C26H29ClN2O5. The summed E-state index contributed by atoms with van der Waals surface area (Å²) in [7, 11) is 1.50. The zero-order valence-corrected chi connectivity index (χ0v) is 20.2. The monoisotopic (exact) mass is 484 g/mol. The number of ketones is 1. The molecule has 0 aromatic heterocycles. The van der Waals surface area contributed by atoms with E-state index in [9.17, 15) is 14.7 Å². The molecule has 0 bridgehead atoms. The Labute approximate surface area is 204 Å². The van der Waals surface area contributed by atoms with Crippen molar-refractivity contribution in [2.75, 3.05) is 46.5 Å². The van der Waals surface area contributed by atoms with Gasteiger partial charge in [-0.1, -0.05) is 41.4 Å². The van der Waals surface area contributed by atoms with Crippen LogP contribution >= 0.6 is 11.6 Å². The molecule has 2 aromatic rings. The molecule has 0 radical (unpaired) electrons. The van der Waals surface area contributed by atoms with Crippen molar-refractivity contribution in [2.24, 2.45) is 0 Å². The zero-order chi connectivity index (χ0) is 24.2. The lowest BCUT2D eigenvalue weighted by Crippen LogP contribution is -2.38. The Morgan fingerprint density at radius 3 is 2.47 bits per heavy atom. The van der Waals surface area contributed by atoms with E-state index in [1.54, 1.807) is 17.0 Å². The number of ether oxygens (including phenoxy) is 2. The molecule has 34 heavy (non-hydrogen) atoms. The third-order valence-corrected chi connectivity index (χ3v) is 6.63. The van der Waals surface area contributed by atoms with Crippen LogP contribution < -0.4 is 4.74 Å². The van der Waals surface area contributed by atoms with Gasteiger partial charge in [-0.15, -0.1) is 0 Å². The van der Waals surface area contributed by atoms with Crippen LogP contribution in [0.2, 0.25) is 5.02 Å². The van der Waals surface area contributed by atoms with Crippen LogP contribution in [-0.4, -0.2) is 73.1 Å². The van der Waals surface area contributed by atoms with Crippen molar-refractivity contribution in [2.45, 2.75) is 19.4 Å². The Balaban J connectivity index is 1.68. The van der Waals surface area contributed by atoms with E-state index in [2.05, 4.69) is 4.90 Å². The van der Waals surface area contributed by atoms with E-state index in [-0.39, 0.29) is 11.3 Å². The van der Waals surface area contributed by atoms with Crippen molar-refractivity contribution < 1.29 is 24.2 Å². The van der Waals surface area contributed by atoms with Gasteiger partial charge in [0.05, 0.1) is 37.0 Å². The highest BCUT2D eigenvalue weighted by atomic mass is 35.5. The van der Waals surface area contributed by atoms with E-state index in [1.807, 2.05) is 31.2 Å². The minimum Gasteiger partial charge on any atom is -0.507 e. The van der Waals surface area contributed by atoms with Crippen molar-refractivity contribution in [3.05, 3.63) is 69.8 Å². The predicted molar refractivity (Wildman–Crippen MR) is 130 cm³/mol. The van der Waals surface area contributed by atoms with E-state index in [0.717, 1.165) is 30.8 Å². The van der Waals surface area contributed by atoms with Crippen LogP contribution in [0, 0.1) is 6.92 Å². The molecule has 1 amide bonds. The summed E-state index contributed by atoms with van der Waals surface area (Å²) in [5.41, 5.74) is 2.27. The first-order valence-electron chi connectivity index (χ1n) is 11.4. The summed E-state index contributed by atoms with van der Waals surface area (Å²) < 4.78 is 10.6. The number of Topliss-reactive ketones (excluding diaryl/α,β-unsaturated/α-hetero) is 1. The largest absolute Gasteiger partial charge is 0.507 e. The van der Waals surface area contributed by atoms with Gasteiger partial charge in [-0.25, -0.2) is 0 Å². The van der Waals surface area contributed by atoms with Gasteiger partial charge in [-0.05, 0) is 37.1 Å². The number of aliphatic hydroxyl groups is 1. The molecule has 1 unspecified atom stereocenters. The molecule has 2 heterocycles. The molecule has 8 heteroatoms. The fourth-order valence-corrected chi connectivity index (χ4v) is 4.72. The number of amides is 1. The highest BCUT2D eigenvalue weighted by Gasteiger charge is 2.45. The molecular weight excluding hydrogens is 456 g/mol. The molecule has 2 aromatic carbocycles. The number of likely N-dealkylation sites (tertiary alicyclic amines) is 1. The fraction of sp³-hybridized carbons (Fsp3) is 0.385. The summed E-state index contributed by atoms with van der Waals surface area (Å²) in [5, 5.41) is 11.5. The summed E-state index contributed by atoms with van der Waals surface area (Å²) in [5.74, 6) is -1.09. The van der Waals surface area contributed by atoms with Gasteiger partial charge in [-0.2, -0.15) is 0 Å². The second-order valence-corrected chi connectivity index (χ2v) is 8.97. The average molecular weight is 485 g/mol. The third kappa shape index (κ3) is 4.97. The lowest BCUT2D eigenvalue weighted by Gasteiger charge is -2.29. The Morgan fingerprint density at radius 1 is 1.12 bits per heavy atom. The van der Waals surface area contributed by atoms with Gasteiger partial charge in [0.15, 0.2) is 0 Å². The maximum atomic E-state index is 13.2. The average Bonchev–Trinajstić information content (AvgIpc) is 3.09. The smallest absolute Gasteiger partial charge is 0.295 e. The van der Waals surface area contributed by atoms with Crippen LogP contribution in [0.25, 0.3) is 5.76 Å². The van der Waals surface area contributed by atoms with Crippen LogP contribution in [0.4, 0.5) is 0 Å². The lowest BCUT2D eigenvalue weighted by molar-refractivity contribution is -0.140. The molecule has 2 fully saturated rings. The number of aryl methyl sites for hydroxylation is 1. The lowest BCUT2D eigenvalue weighted by atomic mass is 9.94. The van der Waals surface area contributed by atoms with Gasteiger partial charge >= 0.3 is 0 Å². The number of carbonyl (C=O) groups excluding carboxylic acids is 2. The van der Waals surface area contributed by atoms with E-state index in [4.69, 9.17) is 21.1 Å². The fourth-order valence-electron chi connectivity index (χ4n) is 4.46. The van der Waals surface area contributed by atoms with E-state index >= 15 is 0 Å². The number of benzene rings is 2. The van der Waals surface area contributed by atoms with Crippen LogP contribution in [0.5, 0.6) is 5.75 Å². The van der Waals surface area contributed by atoms with E-state index < -0.39 is 17.7 Å². The van der Waals surface area contributed by atoms with Gasteiger partial charge in [0.2, 0.25) is 0 Å². The molecule has 0 aliphatic carbocycles. The minimum atomic E-state index is -0.693. The first-order chi connectivity index (χ1) is 16.4. The second-order valence-electron chi connectivity index (χ2n) is 8.56. The zero-order valence-electron chi connectivity index (χ0n) is 19.4. The second kappa shape index (κ2) is 10.6. The number of aliphatic hydroxyl groups excluding tert-OH is 1. The standard InChI is InChI=1S/C26H29ClN2O5/c1-17-4-6-18(7-5-17)23-22(24(30)19-8-9-21(33-2)20(27)16-19)25(31)26(32)29(23)11-3-10-28-12-14-34-15-13-28/h4-9,16,23,30H,3,10-15H2,1-2H3. The van der Waals surface area contributed by atoms with Crippen molar-refractivity contribution in [3.8, 4) is 5.75 Å². The molecule has 4 rings (SSSR count). The number of carbonyl (C=O) groups is 2. The summed E-state index contributed by atoms with van der Waals surface area (Å²) in [4.78, 5) is 30.1. The SMILES string of the molecule is COc1ccc(C(O)=C2C(=O)C(=O)N(CCCN3CCOCC3)C2c2ccc(C)cc2)cc1Cl. The van der Waals surface area contributed by atoms with Gasteiger partial charge in [-0.3, -0.25) is 14.5 Å². The van der Waals surface area contributed by atoms with Crippen molar-refractivity contribution in [1.29, 1.82) is 0 Å². The maximum absolute atomic E-state index is 13.2. The summed E-state index contributed by atoms with van der Waals surface area (Å²) >= 11 is 6.25. The maximum Gasteiger partial charge on any atom is 0.295 e. The van der Waals surface area contributed by atoms with Crippen molar-refractivity contribution >= 4 is 29.1 Å². The number of morpholine rings is 1. The van der Waals surface area contributed by atoms with Gasteiger partial charge < -0.3 is 19.5 Å². The summed E-state index contributed by atoms with van der Waals surface area (Å²) in [6.07, 6.45) is 0.712. The molecule has 0 saturated carbocycles. The number of rotatable bonds is 7. The first kappa shape index (κ1) is 24.3.